The summed E-state index contributed by atoms with van der Waals surface area (Å²) >= 11 is 1.32. The van der Waals surface area contributed by atoms with Crippen molar-refractivity contribution in [3.63, 3.8) is 0 Å². The van der Waals surface area contributed by atoms with Gasteiger partial charge in [-0.15, -0.1) is 0 Å². The first kappa shape index (κ1) is 18.7. The Hall–Kier alpha value is -3.26. The highest BCUT2D eigenvalue weighted by Gasteiger charge is 2.28. The lowest BCUT2D eigenvalue weighted by Crippen LogP contribution is -2.23. The molecule has 1 fully saturated rings. The number of aryl methyl sites for hydroxylation is 2. The first-order valence-corrected chi connectivity index (χ1v) is 10.8. The van der Waals surface area contributed by atoms with Crippen molar-refractivity contribution in [3.8, 4) is 11.1 Å². The van der Waals surface area contributed by atoms with E-state index in [1.807, 2.05) is 30.2 Å². The second kappa shape index (κ2) is 7.87. The van der Waals surface area contributed by atoms with E-state index < -0.39 is 0 Å². The zero-order valence-corrected chi connectivity index (χ0v) is 17.8. The molecule has 0 bridgehead atoms. The predicted molar refractivity (Wildman–Crippen MR) is 120 cm³/mol. The van der Waals surface area contributed by atoms with Crippen LogP contribution in [0, 0.1) is 6.92 Å². The minimum absolute atomic E-state index is 0.330. The molecule has 0 radical (unpaired) electrons. The Labute approximate surface area is 179 Å². The molecule has 1 N–H and O–H groups in total. The molecule has 1 unspecified atom stereocenters. The molecule has 7 nitrogen and oxygen atoms in total. The van der Waals surface area contributed by atoms with Crippen LogP contribution >= 0.6 is 11.5 Å². The second-order valence-corrected chi connectivity index (χ2v) is 8.42. The van der Waals surface area contributed by atoms with E-state index in [2.05, 4.69) is 61.9 Å². The summed E-state index contributed by atoms with van der Waals surface area (Å²) in [6.45, 7) is 3.11. The zero-order valence-electron chi connectivity index (χ0n) is 17.0. The lowest BCUT2D eigenvalue weighted by molar-refractivity contribution is 0.712. The Bertz CT molecular complexity index is 1130. The van der Waals surface area contributed by atoms with Crippen molar-refractivity contribution in [3.05, 3.63) is 66.2 Å². The fraction of sp³-hybridized carbons (Fsp3) is 0.273. The van der Waals surface area contributed by atoms with E-state index in [0.717, 1.165) is 47.3 Å². The van der Waals surface area contributed by atoms with Crippen LogP contribution in [0.1, 0.15) is 30.0 Å². The van der Waals surface area contributed by atoms with E-state index in [4.69, 9.17) is 4.98 Å². The molecule has 3 aromatic heterocycles. The van der Waals surface area contributed by atoms with E-state index in [-0.39, 0.29) is 0 Å². The van der Waals surface area contributed by atoms with Gasteiger partial charge in [-0.1, -0.05) is 29.8 Å². The lowest BCUT2D eigenvalue weighted by Gasteiger charge is -2.27. The van der Waals surface area contributed by atoms with Crippen LogP contribution in [-0.2, 0) is 7.05 Å². The molecule has 30 heavy (non-hydrogen) atoms. The maximum atomic E-state index is 4.94. The van der Waals surface area contributed by atoms with Gasteiger partial charge in [0, 0.05) is 36.9 Å². The summed E-state index contributed by atoms with van der Waals surface area (Å²) in [4.78, 5) is 11.6. The van der Waals surface area contributed by atoms with Gasteiger partial charge in [-0.2, -0.15) is 9.47 Å². The van der Waals surface area contributed by atoms with Crippen molar-refractivity contribution in [1.29, 1.82) is 0 Å². The highest BCUT2D eigenvalue weighted by atomic mass is 32.1. The van der Waals surface area contributed by atoms with Gasteiger partial charge in [0.25, 0.3) is 0 Å². The number of rotatable bonds is 5. The zero-order chi connectivity index (χ0) is 20.5. The molecule has 1 aliphatic rings. The average Bonchev–Trinajstić information content (AvgIpc) is 3.50. The molecule has 1 atom stereocenters. The summed E-state index contributed by atoms with van der Waals surface area (Å²) in [5.74, 6) is 1.73. The first-order chi connectivity index (χ1) is 14.7. The fourth-order valence-electron chi connectivity index (χ4n) is 3.98. The average molecular weight is 418 g/mol. The molecule has 0 spiro atoms. The monoisotopic (exact) mass is 417 g/mol. The number of nitrogens with zero attached hydrogens (tertiary/aromatic N) is 6. The Balaban J connectivity index is 1.54. The van der Waals surface area contributed by atoms with Crippen molar-refractivity contribution in [2.45, 2.75) is 25.8 Å². The summed E-state index contributed by atoms with van der Waals surface area (Å²) < 4.78 is 5.90. The van der Waals surface area contributed by atoms with E-state index >= 15 is 0 Å². The highest BCUT2D eigenvalue weighted by molar-refractivity contribution is 7.09. The molecule has 5 rings (SSSR count). The molecule has 0 aliphatic carbocycles. The van der Waals surface area contributed by atoms with Gasteiger partial charge in [-0.3, -0.25) is 4.68 Å². The minimum Gasteiger partial charge on any atom is -0.349 e. The smallest absolute Gasteiger partial charge is 0.207 e. The van der Waals surface area contributed by atoms with Gasteiger partial charge in [0.2, 0.25) is 5.13 Å². The van der Waals surface area contributed by atoms with Crippen molar-refractivity contribution >= 4 is 28.3 Å². The van der Waals surface area contributed by atoms with Crippen molar-refractivity contribution in [2.75, 3.05) is 16.8 Å². The van der Waals surface area contributed by atoms with Crippen LogP contribution in [0.5, 0.6) is 0 Å². The van der Waals surface area contributed by atoms with Gasteiger partial charge in [0.05, 0.1) is 12.2 Å². The fourth-order valence-corrected chi connectivity index (χ4v) is 4.42. The molecular formula is C22H23N7S. The molecule has 4 aromatic rings. The van der Waals surface area contributed by atoms with Gasteiger partial charge in [0.1, 0.15) is 18.0 Å². The molecule has 152 valence electrons. The van der Waals surface area contributed by atoms with E-state index in [1.54, 1.807) is 6.33 Å². The van der Waals surface area contributed by atoms with Gasteiger partial charge >= 0.3 is 0 Å². The third kappa shape index (κ3) is 3.78. The maximum Gasteiger partial charge on any atom is 0.207 e. The van der Waals surface area contributed by atoms with Gasteiger partial charge in [0.15, 0.2) is 0 Å². The second-order valence-electron chi connectivity index (χ2n) is 7.64. The molecule has 1 saturated heterocycles. The molecule has 1 aliphatic heterocycles. The highest BCUT2D eigenvalue weighted by Crippen LogP contribution is 2.38. The Morgan fingerprint density at radius 1 is 1.13 bits per heavy atom. The minimum atomic E-state index is 0.330. The number of benzene rings is 1. The SMILES string of the molecule is Cc1ccc(C2CCCN2c2cc(-c3cnn(C)c3)cc(Nc3ncns3)n2)cc1. The van der Waals surface area contributed by atoms with Crippen LogP contribution < -0.4 is 10.2 Å². The summed E-state index contributed by atoms with van der Waals surface area (Å²) in [7, 11) is 1.93. The van der Waals surface area contributed by atoms with Crippen LogP contribution in [-0.4, -0.2) is 30.7 Å². The standard InChI is InChI=1S/C22H23N7S/c1-15-5-7-16(8-6-15)19-4-3-9-29(19)21-11-17(18-12-24-28(2)13-18)10-20(26-21)27-22-23-14-25-30-22/h5-8,10-14,19H,3-4,9H2,1-2H3,(H,23,25,26,27). The van der Waals surface area contributed by atoms with Crippen molar-refractivity contribution < 1.29 is 0 Å². The number of anilines is 3. The molecular weight excluding hydrogens is 394 g/mol. The van der Waals surface area contributed by atoms with E-state index in [1.165, 1.54) is 22.7 Å². The van der Waals surface area contributed by atoms with Gasteiger partial charge in [-0.05, 0) is 43.0 Å². The van der Waals surface area contributed by atoms with Crippen LogP contribution in [0.2, 0.25) is 0 Å². The van der Waals surface area contributed by atoms with Crippen LogP contribution in [0.15, 0.2) is 55.1 Å². The number of hydrogen-bond donors (Lipinski definition) is 1. The number of pyridine rings is 1. The Morgan fingerprint density at radius 2 is 2.00 bits per heavy atom. The molecule has 8 heteroatoms. The van der Waals surface area contributed by atoms with Gasteiger partial charge < -0.3 is 10.2 Å². The third-order valence-electron chi connectivity index (χ3n) is 5.46. The molecule has 1 aromatic carbocycles. The Morgan fingerprint density at radius 3 is 2.73 bits per heavy atom. The summed E-state index contributed by atoms with van der Waals surface area (Å²) in [6, 6.07) is 13.4. The number of hydrogen-bond acceptors (Lipinski definition) is 7. The predicted octanol–water partition coefficient (Wildman–Crippen LogP) is 4.73. The van der Waals surface area contributed by atoms with E-state index in [0.29, 0.717) is 6.04 Å². The van der Waals surface area contributed by atoms with Crippen molar-refractivity contribution in [1.82, 2.24) is 24.1 Å². The number of aromatic nitrogens is 5. The lowest BCUT2D eigenvalue weighted by atomic mass is 10.0. The normalized spacial score (nSPS) is 16.2. The maximum absolute atomic E-state index is 4.94. The Kier molecular flexibility index (Phi) is 4.92. The van der Waals surface area contributed by atoms with Crippen LogP contribution in [0.25, 0.3) is 11.1 Å². The molecule has 4 heterocycles. The first-order valence-electron chi connectivity index (χ1n) is 10.0. The summed E-state index contributed by atoms with van der Waals surface area (Å²) in [6.07, 6.45) is 7.73. The number of nitrogens with one attached hydrogen (secondary N) is 1. The van der Waals surface area contributed by atoms with Crippen molar-refractivity contribution in [2.24, 2.45) is 7.05 Å². The van der Waals surface area contributed by atoms with Gasteiger partial charge in [-0.25, -0.2) is 9.97 Å². The summed E-state index contributed by atoms with van der Waals surface area (Å²) in [5.41, 5.74) is 4.76. The van der Waals surface area contributed by atoms with E-state index in [9.17, 15) is 0 Å². The topological polar surface area (TPSA) is 71.8 Å². The van der Waals surface area contributed by atoms with Crippen LogP contribution in [0.3, 0.4) is 0 Å². The largest absolute Gasteiger partial charge is 0.349 e. The van der Waals surface area contributed by atoms with Crippen LogP contribution in [0.4, 0.5) is 16.8 Å². The third-order valence-corrected chi connectivity index (χ3v) is 6.04. The molecule has 0 saturated carbocycles. The molecule has 0 amide bonds. The summed E-state index contributed by atoms with van der Waals surface area (Å²) in [5, 5.41) is 8.37. The quantitative estimate of drug-likeness (QED) is 0.506.